The Morgan fingerprint density at radius 2 is 1.89 bits per heavy atom. The molecule has 0 aromatic heterocycles. The number of aryl methyl sites for hydroxylation is 1. The SMILES string of the molecule is Cc1cc(C(C)(C)C)ccc1OCCS(N)(=O)=O. The van der Waals surface area contributed by atoms with Gasteiger partial charge in [-0.25, -0.2) is 13.6 Å². The summed E-state index contributed by atoms with van der Waals surface area (Å²) in [7, 11) is -3.46. The van der Waals surface area contributed by atoms with Crippen molar-refractivity contribution in [1.82, 2.24) is 0 Å². The van der Waals surface area contributed by atoms with E-state index in [1.165, 1.54) is 5.56 Å². The molecule has 0 fully saturated rings. The topological polar surface area (TPSA) is 69.4 Å². The molecule has 5 heteroatoms. The van der Waals surface area contributed by atoms with Crippen molar-refractivity contribution in [3.8, 4) is 5.75 Å². The molecule has 0 spiro atoms. The minimum absolute atomic E-state index is 0.0779. The molecule has 0 heterocycles. The molecule has 0 saturated heterocycles. The van der Waals surface area contributed by atoms with Crippen molar-refractivity contribution in [2.24, 2.45) is 5.14 Å². The number of primary sulfonamides is 1. The van der Waals surface area contributed by atoms with Gasteiger partial charge in [-0.1, -0.05) is 32.9 Å². The van der Waals surface area contributed by atoms with Crippen LogP contribution in [-0.4, -0.2) is 20.8 Å². The van der Waals surface area contributed by atoms with E-state index in [-0.39, 0.29) is 17.8 Å². The average Bonchev–Trinajstić information content (AvgIpc) is 2.17. The number of sulfonamides is 1. The number of hydrogen-bond donors (Lipinski definition) is 1. The van der Waals surface area contributed by atoms with Gasteiger partial charge in [-0.05, 0) is 29.5 Å². The Balaban J connectivity index is 2.75. The first-order valence-corrected chi connectivity index (χ1v) is 7.55. The van der Waals surface area contributed by atoms with Crippen LogP contribution in [0.2, 0.25) is 0 Å². The lowest BCUT2D eigenvalue weighted by Crippen LogP contribution is -2.21. The summed E-state index contributed by atoms with van der Waals surface area (Å²) in [6, 6.07) is 5.94. The Kier molecular flexibility index (Phi) is 4.40. The Hall–Kier alpha value is -1.07. The van der Waals surface area contributed by atoms with Crippen LogP contribution in [0.1, 0.15) is 31.9 Å². The molecule has 18 heavy (non-hydrogen) atoms. The van der Waals surface area contributed by atoms with E-state index in [1.807, 2.05) is 19.1 Å². The maximum absolute atomic E-state index is 10.8. The van der Waals surface area contributed by atoms with Gasteiger partial charge >= 0.3 is 0 Å². The summed E-state index contributed by atoms with van der Waals surface area (Å²) < 4.78 is 27.0. The first-order valence-electron chi connectivity index (χ1n) is 5.84. The highest BCUT2D eigenvalue weighted by molar-refractivity contribution is 7.89. The van der Waals surface area contributed by atoms with E-state index < -0.39 is 10.0 Å². The zero-order valence-corrected chi connectivity index (χ0v) is 12.2. The van der Waals surface area contributed by atoms with Crippen molar-refractivity contribution in [2.45, 2.75) is 33.1 Å². The van der Waals surface area contributed by atoms with Crippen molar-refractivity contribution in [1.29, 1.82) is 0 Å². The molecular formula is C13H21NO3S. The van der Waals surface area contributed by atoms with Crippen LogP contribution >= 0.6 is 0 Å². The average molecular weight is 271 g/mol. The van der Waals surface area contributed by atoms with Gasteiger partial charge in [-0.3, -0.25) is 0 Å². The van der Waals surface area contributed by atoms with Crippen LogP contribution in [0.15, 0.2) is 18.2 Å². The summed E-state index contributed by atoms with van der Waals surface area (Å²) in [4.78, 5) is 0. The van der Waals surface area contributed by atoms with Gasteiger partial charge in [-0.2, -0.15) is 0 Å². The van der Waals surface area contributed by atoms with Gasteiger partial charge in [0.2, 0.25) is 10.0 Å². The Morgan fingerprint density at radius 1 is 1.28 bits per heavy atom. The number of rotatable bonds is 4. The molecule has 0 aliphatic rings. The molecule has 4 nitrogen and oxygen atoms in total. The molecule has 102 valence electrons. The van der Waals surface area contributed by atoms with Crippen molar-refractivity contribution >= 4 is 10.0 Å². The fourth-order valence-corrected chi connectivity index (χ4v) is 1.86. The van der Waals surface area contributed by atoms with Crippen LogP contribution in [0.4, 0.5) is 0 Å². The molecule has 0 bridgehead atoms. The van der Waals surface area contributed by atoms with Crippen LogP contribution < -0.4 is 9.88 Å². The van der Waals surface area contributed by atoms with E-state index in [1.54, 1.807) is 0 Å². The summed E-state index contributed by atoms with van der Waals surface area (Å²) in [5.41, 5.74) is 2.31. The zero-order valence-electron chi connectivity index (χ0n) is 11.4. The van der Waals surface area contributed by atoms with Gasteiger partial charge in [0.05, 0.1) is 5.75 Å². The monoisotopic (exact) mass is 271 g/mol. The molecule has 0 amide bonds. The Labute approximate surface area is 109 Å². The highest BCUT2D eigenvalue weighted by Crippen LogP contribution is 2.27. The van der Waals surface area contributed by atoms with E-state index in [9.17, 15) is 8.42 Å². The van der Waals surface area contributed by atoms with Gasteiger partial charge in [0.15, 0.2) is 0 Å². The fraction of sp³-hybridized carbons (Fsp3) is 0.538. The van der Waals surface area contributed by atoms with Crippen molar-refractivity contribution in [3.63, 3.8) is 0 Å². The lowest BCUT2D eigenvalue weighted by atomic mass is 9.86. The predicted molar refractivity (Wildman–Crippen MR) is 73.3 cm³/mol. The molecule has 0 atom stereocenters. The number of ether oxygens (including phenoxy) is 1. The lowest BCUT2D eigenvalue weighted by Gasteiger charge is -2.20. The predicted octanol–water partition coefficient (Wildman–Crippen LogP) is 1.96. The highest BCUT2D eigenvalue weighted by Gasteiger charge is 2.14. The number of hydrogen-bond acceptors (Lipinski definition) is 3. The second kappa shape index (κ2) is 5.28. The Bertz CT molecular complexity index is 516. The number of nitrogens with two attached hydrogens (primary N) is 1. The Morgan fingerprint density at radius 3 is 2.33 bits per heavy atom. The van der Waals surface area contributed by atoms with Crippen LogP contribution in [0, 0.1) is 6.92 Å². The smallest absolute Gasteiger partial charge is 0.212 e. The van der Waals surface area contributed by atoms with Gasteiger partial charge < -0.3 is 4.74 Å². The summed E-state index contributed by atoms with van der Waals surface area (Å²) in [6.45, 7) is 8.45. The molecule has 0 aliphatic heterocycles. The molecule has 0 radical (unpaired) electrons. The second-order valence-corrected chi connectivity index (χ2v) is 7.18. The quantitative estimate of drug-likeness (QED) is 0.910. The molecule has 0 aliphatic carbocycles. The van der Waals surface area contributed by atoms with Crippen molar-refractivity contribution in [2.75, 3.05) is 12.4 Å². The molecule has 1 rings (SSSR count). The maximum Gasteiger partial charge on any atom is 0.212 e. The highest BCUT2D eigenvalue weighted by atomic mass is 32.2. The molecular weight excluding hydrogens is 250 g/mol. The maximum atomic E-state index is 10.8. The second-order valence-electron chi connectivity index (χ2n) is 5.45. The molecule has 0 unspecified atom stereocenters. The molecule has 1 aromatic rings. The van der Waals surface area contributed by atoms with E-state index in [4.69, 9.17) is 9.88 Å². The standard InChI is InChI=1S/C13H21NO3S/c1-10-9-11(13(2,3)4)5-6-12(10)17-7-8-18(14,15)16/h5-6,9H,7-8H2,1-4H3,(H2,14,15,16). The third-order valence-corrected chi connectivity index (χ3v) is 3.40. The van der Waals surface area contributed by atoms with E-state index >= 15 is 0 Å². The largest absolute Gasteiger partial charge is 0.492 e. The fourth-order valence-electron chi connectivity index (χ4n) is 1.55. The first kappa shape index (κ1) is 15.0. The zero-order chi connectivity index (χ0) is 14.0. The summed E-state index contributed by atoms with van der Waals surface area (Å²) >= 11 is 0. The van der Waals surface area contributed by atoms with E-state index in [2.05, 4.69) is 26.8 Å². The third kappa shape index (κ3) is 4.66. The summed E-state index contributed by atoms with van der Waals surface area (Å²) in [5, 5.41) is 4.91. The normalized spacial score (nSPS) is 12.5. The van der Waals surface area contributed by atoms with Crippen LogP contribution in [-0.2, 0) is 15.4 Å². The van der Waals surface area contributed by atoms with Crippen LogP contribution in [0.25, 0.3) is 0 Å². The van der Waals surface area contributed by atoms with Gasteiger partial charge in [0, 0.05) is 0 Å². The molecule has 0 saturated carbocycles. The van der Waals surface area contributed by atoms with Crippen LogP contribution in [0.3, 0.4) is 0 Å². The molecule has 2 N–H and O–H groups in total. The van der Waals surface area contributed by atoms with Gasteiger partial charge in [0.25, 0.3) is 0 Å². The number of benzene rings is 1. The van der Waals surface area contributed by atoms with Crippen LogP contribution in [0.5, 0.6) is 5.75 Å². The van der Waals surface area contributed by atoms with E-state index in [0.717, 1.165) is 5.56 Å². The van der Waals surface area contributed by atoms with Gasteiger partial charge in [0.1, 0.15) is 12.4 Å². The lowest BCUT2D eigenvalue weighted by molar-refractivity contribution is 0.338. The summed E-state index contributed by atoms with van der Waals surface area (Å²) in [5.74, 6) is 0.527. The molecule has 1 aromatic carbocycles. The van der Waals surface area contributed by atoms with E-state index in [0.29, 0.717) is 5.75 Å². The third-order valence-electron chi connectivity index (χ3n) is 2.67. The minimum atomic E-state index is -3.46. The van der Waals surface area contributed by atoms with Gasteiger partial charge in [-0.15, -0.1) is 0 Å². The van der Waals surface area contributed by atoms with Crippen molar-refractivity contribution < 1.29 is 13.2 Å². The first-order chi connectivity index (χ1) is 8.09. The summed E-state index contributed by atoms with van der Waals surface area (Å²) in [6.07, 6.45) is 0. The van der Waals surface area contributed by atoms with Crippen molar-refractivity contribution in [3.05, 3.63) is 29.3 Å². The minimum Gasteiger partial charge on any atom is -0.492 e.